The molecule has 3 aromatic heterocycles. The Kier molecular flexibility index (Phi) is 4.60. The molecule has 0 aliphatic carbocycles. The number of hydrogen-bond acceptors (Lipinski definition) is 9. The molecule has 0 bridgehead atoms. The first kappa shape index (κ1) is 18.3. The van der Waals surface area contributed by atoms with Crippen LogP contribution < -0.4 is 14.8 Å². The minimum Gasteiger partial charge on any atom is -0.454 e. The fourth-order valence-corrected chi connectivity index (χ4v) is 3.61. The summed E-state index contributed by atoms with van der Waals surface area (Å²) in [6, 6.07) is 10.7. The Morgan fingerprint density at radius 1 is 1.17 bits per heavy atom. The number of benzene rings is 1. The molecule has 1 atom stereocenters. The monoisotopic (exact) mass is 421 g/mol. The van der Waals surface area contributed by atoms with Crippen LogP contribution in [0.1, 0.15) is 28.5 Å². The van der Waals surface area contributed by atoms with Crippen LogP contribution in [0.5, 0.6) is 11.5 Å². The van der Waals surface area contributed by atoms with Crippen molar-refractivity contribution in [3.63, 3.8) is 0 Å². The van der Waals surface area contributed by atoms with E-state index in [1.165, 1.54) is 11.3 Å². The zero-order chi connectivity index (χ0) is 20.5. The number of hydrogen-bond donors (Lipinski definition) is 1. The van der Waals surface area contributed by atoms with Gasteiger partial charge in [0.25, 0.3) is 11.8 Å². The van der Waals surface area contributed by atoms with Crippen molar-refractivity contribution in [2.45, 2.75) is 13.0 Å². The molecule has 1 aromatic carbocycles. The van der Waals surface area contributed by atoms with Gasteiger partial charge in [-0.2, -0.15) is 4.98 Å². The molecule has 150 valence electrons. The van der Waals surface area contributed by atoms with Crippen LogP contribution in [-0.2, 0) is 0 Å². The Bertz CT molecular complexity index is 1210. The minimum absolute atomic E-state index is 0.193. The van der Waals surface area contributed by atoms with Crippen molar-refractivity contribution >= 4 is 17.2 Å². The van der Waals surface area contributed by atoms with E-state index in [9.17, 15) is 4.79 Å². The summed E-state index contributed by atoms with van der Waals surface area (Å²) in [6.45, 7) is 2.06. The maximum Gasteiger partial charge on any atom is 0.280 e. The van der Waals surface area contributed by atoms with Gasteiger partial charge in [-0.05, 0) is 37.3 Å². The second kappa shape index (κ2) is 7.56. The van der Waals surface area contributed by atoms with Crippen LogP contribution >= 0.6 is 11.3 Å². The third kappa shape index (κ3) is 3.48. The quantitative estimate of drug-likeness (QED) is 0.521. The lowest BCUT2D eigenvalue weighted by Gasteiger charge is -2.11. The number of carbonyl (C=O) groups is 1. The van der Waals surface area contributed by atoms with Crippen molar-refractivity contribution < 1.29 is 18.8 Å². The first-order valence-electron chi connectivity index (χ1n) is 9.09. The van der Waals surface area contributed by atoms with Crippen molar-refractivity contribution in [2.75, 3.05) is 6.79 Å². The highest BCUT2D eigenvalue weighted by Crippen LogP contribution is 2.35. The predicted molar refractivity (Wildman–Crippen MR) is 107 cm³/mol. The van der Waals surface area contributed by atoms with Gasteiger partial charge in [0.05, 0.1) is 11.7 Å². The average Bonchev–Trinajstić information content (AvgIpc) is 3.53. The van der Waals surface area contributed by atoms with E-state index in [0.717, 1.165) is 11.3 Å². The third-order valence-corrected chi connectivity index (χ3v) is 5.29. The van der Waals surface area contributed by atoms with Crippen molar-refractivity contribution in [1.29, 1.82) is 0 Å². The highest BCUT2D eigenvalue weighted by molar-refractivity contribution is 7.12. The Morgan fingerprint density at radius 2 is 2.07 bits per heavy atom. The summed E-state index contributed by atoms with van der Waals surface area (Å²) < 4.78 is 16.0. The molecule has 0 radical (unpaired) electrons. The van der Waals surface area contributed by atoms with Crippen LogP contribution in [0.15, 0.2) is 52.5 Å². The Morgan fingerprint density at radius 3 is 2.93 bits per heavy atom. The molecule has 4 aromatic rings. The number of ether oxygens (including phenoxy) is 2. The van der Waals surface area contributed by atoms with Crippen molar-refractivity contribution in [3.05, 3.63) is 58.7 Å². The molecule has 1 aliphatic heterocycles. The lowest BCUT2D eigenvalue weighted by Crippen LogP contribution is -2.27. The van der Waals surface area contributed by atoms with Gasteiger partial charge in [-0.25, -0.2) is 4.98 Å². The molecule has 0 fully saturated rings. The maximum atomic E-state index is 12.5. The fraction of sp³-hybridized carbons (Fsp3) is 0.150. The molecule has 10 heteroatoms. The molecule has 9 nitrogen and oxygen atoms in total. The maximum absolute atomic E-state index is 12.5. The third-order valence-electron chi connectivity index (χ3n) is 4.45. The van der Waals surface area contributed by atoms with E-state index in [0.29, 0.717) is 28.0 Å². The number of thiazole rings is 1. The van der Waals surface area contributed by atoms with Gasteiger partial charge < -0.3 is 19.3 Å². The summed E-state index contributed by atoms with van der Waals surface area (Å²) in [5.74, 6) is 1.65. The lowest BCUT2D eigenvalue weighted by atomic mass is 10.2. The molecule has 0 unspecified atom stereocenters. The molecule has 1 N–H and O–H groups in total. The minimum atomic E-state index is -0.292. The van der Waals surface area contributed by atoms with Gasteiger partial charge in [-0.3, -0.25) is 9.78 Å². The molecule has 1 aliphatic rings. The summed E-state index contributed by atoms with van der Waals surface area (Å²) >= 11 is 1.20. The smallest absolute Gasteiger partial charge is 0.280 e. The first-order valence-corrected chi connectivity index (χ1v) is 9.97. The Balaban J connectivity index is 1.32. The van der Waals surface area contributed by atoms with E-state index in [-0.39, 0.29) is 24.6 Å². The van der Waals surface area contributed by atoms with Crippen LogP contribution in [0, 0.1) is 0 Å². The Labute approximate surface area is 174 Å². The summed E-state index contributed by atoms with van der Waals surface area (Å²) in [4.78, 5) is 25.5. The lowest BCUT2D eigenvalue weighted by molar-refractivity contribution is 0.0939. The van der Waals surface area contributed by atoms with Gasteiger partial charge in [-0.15, -0.1) is 11.3 Å². The molecule has 1 amide bonds. The van der Waals surface area contributed by atoms with E-state index in [1.54, 1.807) is 23.7 Å². The van der Waals surface area contributed by atoms with Gasteiger partial charge in [0.2, 0.25) is 12.6 Å². The number of pyridine rings is 1. The largest absolute Gasteiger partial charge is 0.454 e. The zero-order valence-electron chi connectivity index (χ0n) is 15.7. The highest BCUT2D eigenvalue weighted by Gasteiger charge is 2.20. The van der Waals surface area contributed by atoms with Gasteiger partial charge in [0.15, 0.2) is 16.5 Å². The van der Waals surface area contributed by atoms with E-state index >= 15 is 0 Å². The number of nitrogens with one attached hydrogen (secondary N) is 1. The van der Waals surface area contributed by atoms with E-state index < -0.39 is 0 Å². The fourth-order valence-electron chi connectivity index (χ4n) is 2.92. The molecule has 0 saturated carbocycles. The highest BCUT2D eigenvalue weighted by atomic mass is 32.1. The van der Waals surface area contributed by atoms with Crippen molar-refractivity contribution in [1.82, 2.24) is 25.4 Å². The second-order valence-electron chi connectivity index (χ2n) is 6.48. The molecular formula is C20H15N5O4S. The first-order chi connectivity index (χ1) is 14.7. The predicted octanol–water partition coefficient (Wildman–Crippen LogP) is 3.47. The number of aromatic nitrogens is 4. The standard InChI is InChI=1S/C20H15N5O4S/c1-11(13-4-2-3-7-21-13)22-18(26)20-23-14(9-30-20)19-24-17(25-29-19)12-5-6-15-16(8-12)28-10-27-15/h2-9,11H,10H2,1H3,(H,22,26)/t11-/m0/s1. The number of rotatable bonds is 5. The molecular weight excluding hydrogens is 406 g/mol. The van der Waals surface area contributed by atoms with Gasteiger partial charge in [-0.1, -0.05) is 11.2 Å². The number of fused-ring (bicyclic) bond motifs is 1. The van der Waals surface area contributed by atoms with Crippen LogP contribution in [0.3, 0.4) is 0 Å². The summed E-state index contributed by atoms with van der Waals surface area (Å²) in [5.41, 5.74) is 1.94. The summed E-state index contributed by atoms with van der Waals surface area (Å²) in [6.07, 6.45) is 1.69. The van der Waals surface area contributed by atoms with Crippen molar-refractivity contribution in [2.24, 2.45) is 0 Å². The van der Waals surface area contributed by atoms with Crippen LogP contribution in [0.25, 0.3) is 23.0 Å². The normalized spacial score (nSPS) is 13.2. The van der Waals surface area contributed by atoms with Gasteiger partial charge in [0, 0.05) is 17.1 Å². The van der Waals surface area contributed by atoms with E-state index in [4.69, 9.17) is 14.0 Å². The number of nitrogens with zero attached hydrogens (tertiary/aromatic N) is 4. The van der Waals surface area contributed by atoms with Crippen molar-refractivity contribution in [3.8, 4) is 34.5 Å². The molecule has 5 rings (SSSR count). The van der Waals surface area contributed by atoms with E-state index in [2.05, 4.69) is 25.4 Å². The molecule has 0 spiro atoms. The topological polar surface area (TPSA) is 112 Å². The second-order valence-corrected chi connectivity index (χ2v) is 7.34. The molecule has 4 heterocycles. The van der Waals surface area contributed by atoms with Crippen LogP contribution in [0.2, 0.25) is 0 Å². The summed E-state index contributed by atoms with van der Waals surface area (Å²) in [5, 5.41) is 8.90. The Hall–Kier alpha value is -3.79. The SMILES string of the molecule is C[C@H](NC(=O)c1nc(-c2nc(-c3ccc4c(c3)OCO4)no2)cs1)c1ccccn1. The number of carbonyl (C=O) groups excluding carboxylic acids is 1. The van der Waals surface area contributed by atoms with E-state index in [1.807, 2.05) is 31.2 Å². The van der Waals surface area contributed by atoms with Crippen LogP contribution in [0.4, 0.5) is 0 Å². The molecule has 0 saturated heterocycles. The van der Waals surface area contributed by atoms with Gasteiger partial charge in [0.1, 0.15) is 5.69 Å². The van der Waals surface area contributed by atoms with Crippen LogP contribution in [-0.4, -0.2) is 32.8 Å². The molecule has 30 heavy (non-hydrogen) atoms. The summed E-state index contributed by atoms with van der Waals surface area (Å²) in [7, 11) is 0. The zero-order valence-corrected chi connectivity index (χ0v) is 16.5. The number of amides is 1. The van der Waals surface area contributed by atoms with Gasteiger partial charge >= 0.3 is 0 Å². The average molecular weight is 421 g/mol.